The number of aromatic nitrogens is 2. The molecule has 0 saturated carbocycles. The summed E-state index contributed by atoms with van der Waals surface area (Å²) in [6, 6.07) is 15.2. The number of H-pyrrole nitrogens is 1. The second kappa shape index (κ2) is 7.98. The molecule has 2 N–H and O–H groups in total. The molecule has 0 spiro atoms. The number of hydrogen-bond acceptors (Lipinski definition) is 4. The molecule has 1 saturated heterocycles. The fourth-order valence-electron chi connectivity index (χ4n) is 4.40. The van der Waals surface area contributed by atoms with Crippen LogP contribution in [0.25, 0.3) is 32.8 Å². The lowest BCUT2D eigenvalue weighted by Gasteiger charge is -2.32. The number of aromatic amines is 1. The van der Waals surface area contributed by atoms with Gasteiger partial charge in [0.2, 0.25) is 10.0 Å². The van der Waals surface area contributed by atoms with Crippen LogP contribution in [0.2, 0.25) is 0 Å². The molecule has 0 bridgehead atoms. The minimum Gasteiger partial charge on any atom is -0.382 e. The summed E-state index contributed by atoms with van der Waals surface area (Å²) in [4.78, 5) is 7.57. The van der Waals surface area contributed by atoms with E-state index in [0.29, 0.717) is 13.1 Å². The average molecular weight is 435 g/mol. The molecule has 2 aromatic carbocycles. The van der Waals surface area contributed by atoms with Crippen LogP contribution in [-0.4, -0.2) is 47.6 Å². The Morgan fingerprint density at radius 1 is 1.06 bits per heavy atom. The monoisotopic (exact) mass is 434 g/mol. The van der Waals surface area contributed by atoms with Gasteiger partial charge in [0.15, 0.2) is 0 Å². The maximum atomic E-state index is 12.2. The first-order valence-corrected chi connectivity index (χ1v) is 12.3. The molecule has 0 amide bonds. The van der Waals surface area contributed by atoms with Crippen molar-refractivity contribution in [1.82, 2.24) is 14.3 Å². The molecule has 4 aromatic rings. The second-order valence-electron chi connectivity index (χ2n) is 8.12. The maximum absolute atomic E-state index is 12.2. The van der Waals surface area contributed by atoms with E-state index >= 15 is 0 Å². The number of sulfonamides is 1. The van der Waals surface area contributed by atoms with E-state index in [1.807, 2.05) is 24.7 Å². The SMILES string of the molecule is CCS(=O)(=O)N1CCC(Nc2cc(-c3ccc4[nH]ccc4c3)cc3ccncc23)CC1. The van der Waals surface area contributed by atoms with Crippen LogP contribution in [0.4, 0.5) is 5.69 Å². The Kier molecular flexibility index (Phi) is 5.16. The molecule has 2 aromatic heterocycles. The van der Waals surface area contributed by atoms with Gasteiger partial charge in [-0.05, 0) is 78.1 Å². The summed E-state index contributed by atoms with van der Waals surface area (Å²) in [6.45, 7) is 2.83. The van der Waals surface area contributed by atoms with Gasteiger partial charge in [0.05, 0.1) is 5.75 Å². The molecular weight excluding hydrogens is 408 g/mol. The standard InChI is InChI=1S/C24H26N4O2S/c1-2-31(29,30)28-11-7-21(8-12-28)27-24-15-20(14-18-5-9-25-16-22(18)24)17-3-4-23-19(13-17)6-10-26-23/h3-6,9-10,13-16,21,26-27H,2,7-8,11-12H2,1H3. The smallest absolute Gasteiger partial charge is 0.213 e. The van der Waals surface area contributed by atoms with Crippen LogP contribution in [0.15, 0.2) is 61.1 Å². The summed E-state index contributed by atoms with van der Waals surface area (Å²) in [5.41, 5.74) is 4.49. The van der Waals surface area contributed by atoms with Gasteiger partial charge in [0.25, 0.3) is 0 Å². The predicted octanol–water partition coefficient (Wildman–Crippen LogP) is 4.61. The van der Waals surface area contributed by atoms with E-state index in [4.69, 9.17) is 0 Å². The third kappa shape index (κ3) is 3.91. The first-order valence-electron chi connectivity index (χ1n) is 10.7. The van der Waals surface area contributed by atoms with Crippen molar-refractivity contribution in [2.75, 3.05) is 24.2 Å². The number of nitrogens with one attached hydrogen (secondary N) is 2. The van der Waals surface area contributed by atoms with Crippen molar-refractivity contribution in [3.05, 3.63) is 61.1 Å². The fourth-order valence-corrected chi connectivity index (χ4v) is 5.53. The molecule has 1 aliphatic heterocycles. The number of fused-ring (bicyclic) bond motifs is 2. The molecule has 0 unspecified atom stereocenters. The van der Waals surface area contributed by atoms with E-state index in [2.05, 4.69) is 51.7 Å². The Labute approximate surface area is 182 Å². The van der Waals surface area contributed by atoms with Crippen molar-refractivity contribution in [3.63, 3.8) is 0 Å². The van der Waals surface area contributed by atoms with Crippen LogP contribution in [0.5, 0.6) is 0 Å². The number of benzene rings is 2. The van der Waals surface area contributed by atoms with Gasteiger partial charge in [0, 0.05) is 54.3 Å². The molecule has 5 rings (SSSR count). The molecule has 1 aliphatic rings. The summed E-state index contributed by atoms with van der Waals surface area (Å²) < 4.78 is 25.9. The zero-order chi connectivity index (χ0) is 21.4. The predicted molar refractivity (Wildman–Crippen MR) is 127 cm³/mol. The average Bonchev–Trinajstić information content (AvgIpc) is 3.27. The van der Waals surface area contributed by atoms with Crippen molar-refractivity contribution in [2.24, 2.45) is 0 Å². The van der Waals surface area contributed by atoms with Crippen LogP contribution in [0.1, 0.15) is 19.8 Å². The van der Waals surface area contributed by atoms with Gasteiger partial charge in [-0.1, -0.05) is 6.07 Å². The molecule has 0 atom stereocenters. The minimum atomic E-state index is -3.12. The first kappa shape index (κ1) is 20.0. The van der Waals surface area contributed by atoms with Gasteiger partial charge in [-0.2, -0.15) is 0 Å². The molecule has 7 heteroatoms. The first-order chi connectivity index (χ1) is 15.0. The highest BCUT2D eigenvalue weighted by molar-refractivity contribution is 7.89. The zero-order valence-electron chi connectivity index (χ0n) is 17.5. The summed E-state index contributed by atoms with van der Waals surface area (Å²) in [7, 11) is -3.12. The molecule has 3 heterocycles. The largest absolute Gasteiger partial charge is 0.382 e. The van der Waals surface area contributed by atoms with Crippen LogP contribution < -0.4 is 5.32 Å². The second-order valence-corrected chi connectivity index (χ2v) is 10.4. The summed E-state index contributed by atoms with van der Waals surface area (Å²) >= 11 is 0. The number of nitrogens with zero attached hydrogens (tertiary/aromatic N) is 2. The summed E-state index contributed by atoms with van der Waals surface area (Å²) in [5, 5.41) is 7.09. The van der Waals surface area contributed by atoms with Crippen LogP contribution in [-0.2, 0) is 10.0 Å². The van der Waals surface area contributed by atoms with Crippen molar-refractivity contribution in [3.8, 4) is 11.1 Å². The maximum Gasteiger partial charge on any atom is 0.213 e. The van der Waals surface area contributed by atoms with Gasteiger partial charge in [0.1, 0.15) is 0 Å². The van der Waals surface area contributed by atoms with Crippen LogP contribution >= 0.6 is 0 Å². The third-order valence-electron chi connectivity index (χ3n) is 6.21. The van der Waals surface area contributed by atoms with Crippen LogP contribution in [0, 0.1) is 0 Å². The fraction of sp³-hybridized carbons (Fsp3) is 0.292. The van der Waals surface area contributed by atoms with E-state index in [9.17, 15) is 8.42 Å². The van der Waals surface area contributed by atoms with E-state index in [0.717, 1.165) is 45.9 Å². The number of rotatable bonds is 5. The molecule has 0 radical (unpaired) electrons. The topological polar surface area (TPSA) is 78.1 Å². The van der Waals surface area contributed by atoms with E-state index in [1.54, 1.807) is 11.2 Å². The van der Waals surface area contributed by atoms with Crippen LogP contribution in [0.3, 0.4) is 0 Å². The Morgan fingerprint density at radius 3 is 2.68 bits per heavy atom. The quantitative estimate of drug-likeness (QED) is 0.481. The Bertz CT molecular complexity index is 1340. The van der Waals surface area contributed by atoms with Gasteiger partial charge in [-0.3, -0.25) is 4.98 Å². The summed E-state index contributed by atoms with van der Waals surface area (Å²) in [6.07, 6.45) is 7.26. The number of pyridine rings is 1. The van der Waals surface area contributed by atoms with Gasteiger partial charge >= 0.3 is 0 Å². The van der Waals surface area contributed by atoms with Crippen molar-refractivity contribution in [2.45, 2.75) is 25.8 Å². The highest BCUT2D eigenvalue weighted by Crippen LogP contribution is 2.33. The highest BCUT2D eigenvalue weighted by atomic mass is 32.2. The zero-order valence-corrected chi connectivity index (χ0v) is 18.3. The minimum absolute atomic E-state index is 0.162. The lowest BCUT2D eigenvalue weighted by Crippen LogP contribution is -2.42. The molecule has 1 fully saturated rings. The number of anilines is 1. The van der Waals surface area contributed by atoms with E-state index in [1.165, 1.54) is 5.39 Å². The normalized spacial score (nSPS) is 16.2. The lowest BCUT2D eigenvalue weighted by atomic mass is 9.98. The van der Waals surface area contributed by atoms with Crippen molar-refractivity contribution in [1.29, 1.82) is 0 Å². The van der Waals surface area contributed by atoms with Crippen molar-refractivity contribution >= 4 is 37.4 Å². The van der Waals surface area contributed by atoms with Gasteiger partial charge in [-0.15, -0.1) is 0 Å². The number of hydrogen-bond donors (Lipinski definition) is 2. The van der Waals surface area contributed by atoms with E-state index in [-0.39, 0.29) is 11.8 Å². The molecule has 160 valence electrons. The Morgan fingerprint density at radius 2 is 1.87 bits per heavy atom. The lowest BCUT2D eigenvalue weighted by molar-refractivity contribution is 0.330. The van der Waals surface area contributed by atoms with Gasteiger partial charge < -0.3 is 10.3 Å². The number of piperidine rings is 1. The Balaban J connectivity index is 1.46. The van der Waals surface area contributed by atoms with E-state index < -0.39 is 10.0 Å². The molecular formula is C24H26N4O2S. The molecule has 6 nitrogen and oxygen atoms in total. The van der Waals surface area contributed by atoms with Gasteiger partial charge in [-0.25, -0.2) is 12.7 Å². The summed E-state index contributed by atoms with van der Waals surface area (Å²) in [5.74, 6) is 0.162. The third-order valence-corrected chi connectivity index (χ3v) is 8.10. The highest BCUT2D eigenvalue weighted by Gasteiger charge is 2.26. The molecule has 0 aliphatic carbocycles. The molecule has 31 heavy (non-hydrogen) atoms. The Hall–Kier alpha value is -2.90. The van der Waals surface area contributed by atoms with Crippen molar-refractivity contribution < 1.29 is 8.42 Å².